The lowest BCUT2D eigenvalue weighted by Crippen LogP contribution is -2.39. The molecule has 4 aliphatic rings. The average Bonchev–Trinajstić information content (AvgIpc) is 4.07. The third kappa shape index (κ3) is 14.9. The molecular weight excluding hydrogens is 1140 g/mol. The number of nitrogens with one attached hydrogen (secondary N) is 3. The summed E-state index contributed by atoms with van der Waals surface area (Å²) in [5.41, 5.74) is 3.01. The third-order valence-electron chi connectivity index (χ3n) is 13.7. The van der Waals surface area contributed by atoms with E-state index in [0.29, 0.717) is 81.4 Å². The molecule has 4 aromatic heterocycles. The molecule has 0 aliphatic carbocycles. The number of aromatic nitrogens is 6. The van der Waals surface area contributed by atoms with Gasteiger partial charge in [-0.2, -0.15) is 14.7 Å². The highest BCUT2D eigenvalue weighted by Crippen LogP contribution is 2.37. The van der Waals surface area contributed by atoms with Gasteiger partial charge in [-0.15, -0.1) is 0 Å². The minimum absolute atomic E-state index is 0.0420. The van der Waals surface area contributed by atoms with E-state index >= 15 is 0 Å². The first-order valence-corrected chi connectivity index (χ1v) is 30.9. The zero-order valence-electron chi connectivity index (χ0n) is 42.2. The van der Waals surface area contributed by atoms with E-state index in [0.717, 1.165) is 89.3 Å². The Labute approximate surface area is 471 Å². The summed E-state index contributed by atoms with van der Waals surface area (Å²) in [5, 5.41) is 14.1. The van der Waals surface area contributed by atoms with Crippen LogP contribution in [0.4, 0.5) is 26.0 Å². The topological polar surface area (TPSA) is 209 Å². The maximum absolute atomic E-state index is 13.8. The Balaban J connectivity index is 0.000000180. The lowest BCUT2D eigenvalue weighted by molar-refractivity contribution is 0.0600. The molecule has 4 saturated heterocycles. The Hall–Kier alpha value is -4.81. The van der Waals surface area contributed by atoms with E-state index in [-0.39, 0.29) is 70.8 Å². The lowest BCUT2D eigenvalue weighted by Gasteiger charge is -2.35. The second-order valence-corrected chi connectivity index (χ2v) is 25.2. The van der Waals surface area contributed by atoms with Crippen LogP contribution in [0, 0.1) is 11.8 Å². The molecule has 4 fully saturated rings. The first kappa shape index (κ1) is 58.3. The van der Waals surface area contributed by atoms with Crippen LogP contribution in [0.25, 0.3) is 11.3 Å². The van der Waals surface area contributed by atoms with Crippen LogP contribution in [-0.2, 0) is 20.0 Å². The minimum Gasteiger partial charge on any atom is -0.356 e. The normalized spacial score (nSPS) is 20.2. The van der Waals surface area contributed by atoms with Gasteiger partial charge in [-0.25, -0.2) is 31.3 Å². The Morgan fingerprint density at radius 2 is 1.13 bits per heavy atom. The third-order valence-corrected chi connectivity index (χ3v) is 16.0. The monoisotopic (exact) mass is 1200 g/mol. The fraction of sp³-hybridized carbons (Fsp3) is 0.480. The van der Waals surface area contributed by atoms with Crippen LogP contribution in [0.15, 0.2) is 60.7 Å². The summed E-state index contributed by atoms with van der Waals surface area (Å²) in [5.74, 6) is 0.330. The van der Waals surface area contributed by atoms with Crippen LogP contribution in [0.2, 0.25) is 25.5 Å². The number of nitrogens with zero attached hydrogens (tertiary/aromatic N) is 9. The van der Waals surface area contributed by atoms with Gasteiger partial charge in [0.25, 0.3) is 11.8 Å². The van der Waals surface area contributed by atoms with Crippen molar-refractivity contribution in [2.45, 2.75) is 76.3 Å². The van der Waals surface area contributed by atoms with Crippen molar-refractivity contribution >= 4 is 118 Å². The van der Waals surface area contributed by atoms with E-state index in [4.69, 9.17) is 63.1 Å². The maximum atomic E-state index is 13.8. The molecule has 18 nitrogen and oxygen atoms in total. The Morgan fingerprint density at radius 1 is 0.623 bits per heavy atom. The van der Waals surface area contributed by atoms with E-state index in [1.165, 1.54) is 47.0 Å². The minimum atomic E-state index is -3.61. The molecule has 27 heteroatoms. The predicted octanol–water partition coefficient (Wildman–Crippen LogP) is 10.3. The molecule has 4 aliphatic heterocycles. The molecule has 2 aromatic carbocycles. The molecule has 0 spiro atoms. The van der Waals surface area contributed by atoms with E-state index in [1.807, 2.05) is 6.07 Å². The quantitative estimate of drug-likeness (QED) is 0.104. The van der Waals surface area contributed by atoms with Gasteiger partial charge in [0.05, 0.1) is 71.8 Å². The van der Waals surface area contributed by atoms with E-state index < -0.39 is 20.0 Å². The fourth-order valence-electron chi connectivity index (χ4n) is 10.1. The van der Waals surface area contributed by atoms with Gasteiger partial charge in [-0.05, 0) is 113 Å². The largest absolute Gasteiger partial charge is 0.356 e. The number of carbonyl (C=O) groups excluding carboxylic acids is 2. The smallest absolute Gasteiger partial charge is 0.256 e. The number of amides is 2. The summed E-state index contributed by atoms with van der Waals surface area (Å²) >= 11 is 30.9. The van der Waals surface area contributed by atoms with Crippen molar-refractivity contribution in [3.05, 3.63) is 109 Å². The number of anilines is 3. The van der Waals surface area contributed by atoms with Crippen molar-refractivity contribution in [1.29, 1.82) is 0 Å². The van der Waals surface area contributed by atoms with E-state index in [9.17, 15) is 35.2 Å². The summed E-state index contributed by atoms with van der Waals surface area (Å²) in [6.45, 7) is 3.75. The SMILES string of the molecule is CS(=O)(=O)Nc1ccc(Cl)cc1C(=O)N1CCCC[C@H]1c1cc2nc(Cl)cc(Cl)n2n1.CS(=O)(=O)Nc1ccc(Cl)cc1C(=O)N1CCCC[C@H]1c1cc2nc(Cl)cc(N3CCC[C@@H](CF)C3)n2n1.FC[C@@H]1CCCNC1. The number of halogens is 7. The average molecular weight is 1200 g/mol. The van der Waals surface area contributed by atoms with Gasteiger partial charge < -0.3 is 20.0 Å². The van der Waals surface area contributed by atoms with Crippen molar-refractivity contribution < 1.29 is 35.2 Å². The second-order valence-electron chi connectivity index (χ2n) is 19.6. The molecule has 0 radical (unpaired) electrons. The highest BCUT2D eigenvalue weighted by atomic mass is 35.5. The van der Waals surface area contributed by atoms with Crippen molar-refractivity contribution in [1.82, 2.24) is 44.3 Å². The highest BCUT2D eigenvalue weighted by molar-refractivity contribution is 7.92. The van der Waals surface area contributed by atoms with Crippen LogP contribution < -0.4 is 19.7 Å². The number of fused-ring (bicyclic) bond motifs is 2. The second kappa shape index (κ2) is 25.5. The van der Waals surface area contributed by atoms with Gasteiger partial charge in [0.2, 0.25) is 20.0 Å². The standard InChI is InChI=1S/C25H29Cl2FN6O3S.C19H18Cl3N5O3S.C6H12FN/c1-38(36,37)31-19-8-7-17(26)11-18(19)25(35)33-10-3-2-6-21(33)20-12-23-29-22(27)13-24(34(23)30-20)32-9-4-5-16(14-28)15-32;1-31(29,30)25-13-6-5-11(20)8-12(13)19(28)26-7-3-2-4-15(26)14-9-18-23-16(21)10-17(22)27(18)24-14;7-4-6-2-1-3-8-5-6/h7-8,11-13,16,21,31H,2-6,9-10,14-15H2,1H3;5-6,8-10,15,25H,2-4,7H2,1H3;6,8H,1-5H2/t16-,21-;15-;6-/m000/s1. The van der Waals surface area contributed by atoms with Gasteiger partial charge in [-0.1, -0.05) is 58.0 Å². The van der Waals surface area contributed by atoms with Crippen molar-refractivity contribution in [2.24, 2.45) is 11.8 Å². The molecule has 3 N–H and O–H groups in total. The summed E-state index contributed by atoms with van der Waals surface area (Å²) in [6.07, 6.45) is 10.8. The number of hydrogen-bond donors (Lipinski definition) is 3. The lowest BCUT2D eigenvalue weighted by atomic mass is 9.98. The highest BCUT2D eigenvalue weighted by Gasteiger charge is 2.35. The van der Waals surface area contributed by atoms with Gasteiger partial charge in [-0.3, -0.25) is 27.8 Å². The summed E-state index contributed by atoms with van der Waals surface area (Å²) < 4.78 is 80.7. The van der Waals surface area contributed by atoms with Gasteiger partial charge in [0.15, 0.2) is 11.3 Å². The zero-order valence-corrected chi connectivity index (χ0v) is 47.7. The Bertz CT molecular complexity index is 3330. The van der Waals surface area contributed by atoms with E-state index in [2.05, 4.69) is 34.7 Å². The van der Waals surface area contributed by atoms with Crippen LogP contribution in [0.5, 0.6) is 0 Å². The zero-order chi connectivity index (χ0) is 55.2. The number of hydrogen-bond acceptors (Lipinski definition) is 12. The van der Waals surface area contributed by atoms with Gasteiger partial charge >= 0.3 is 0 Å². The molecular formula is C50H59Cl5F2N12O6S2. The number of carbonyl (C=O) groups is 2. The molecule has 2 amide bonds. The number of piperidine rings is 4. The number of rotatable bonds is 11. The van der Waals surface area contributed by atoms with Crippen molar-refractivity contribution in [3.8, 4) is 0 Å². The molecule has 0 bridgehead atoms. The number of sulfonamides is 2. The first-order chi connectivity index (χ1) is 36.7. The number of alkyl halides is 2. The van der Waals surface area contributed by atoms with Crippen LogP contribution in [0.1, 0.15) is 108 Å². The van der Waals surface area contributed by atoms with Crippen LogP contribution in [-0.4, -0.2) is 133 Å². The number of likely N-dealkylation sites (tertiary alicyclic amines) is 2. The predicted molar refractivity (Wildman–Crippen MR) is 299 cm³/mol. The molecule has 0 saturated carbocycles. The summed E-state index contributed by atoms with van der Waals surface area (Å²) in [6, 6.07) is 15.1. The summed E-state index contributed by atoms with van der Waals surface area (Å²) in [7, 11) is -7.20. The van der Waals surface area contributed by atoms with Crippen LogP contribution in [0.3, 0.4) is 0 Å². The number of benzene rings is 2. The van der Waals surface area contributed by atoms with Crippen molar-refractivity contribution in [3.63, 3.8) is 0 Å². The first-order valence-electron chi connectivity index (χ1n) is 25.2. The molecule has 4 atom stereocenters. The molecule has 77 heavy (non-hydrogen) atoms. The maximum Gasteiger partial charge on any atom is 0.256 e. The Kier molecular flexibility index (Phi) is 19.3. The summed E-state index contributed by atoms with van der Waals surface area (Å²) in [4.78, 5) is 41.5. The molecule has 10 rings (SSSR count). The molecule has 6 aromatic rings. The van der Waals surface area contributed by atoms with Crippen LogP contribution >= 0.6 is 58.0 Å². The molecule has 8 heterocycles. The molecule has 416 valence electrons. The fourth-order valence-corrected chi connectivity index (χ4v) is 12.3. The molecule has 0 unspecified atom stereocenters. The Morgan fingerprint density at radius 3 is 1.62 bits per heavy atom. The van der Waals surface area contributed by atoms with E-state index in [1.54, 1.807) is 26.4 Å². The van der Waals surface area contributed by atoms with Gasteiger partial charge in [0.1, 0.15) is 21.3 Å². The van der Waals surface area contributed by atoms with Gasteiger partial charge in [0, 0.05) is 73.0 Å². The van der Waals surface area contributed by atoms with Crippen molar-refractivity contribution in [2.75, 3.05) is 79.5 Å².